The molecule has 18 heavy (non-hydrogen) atoms. The fraction of sp³-hybridized carbons (Fsp3) is 0.583. The Morgan fingerprint density at radius 2 is 2.22 bits per heavy atom. The smallest absolute Gasteiger partial charge is 0.374 e. The van der Waals surface area contributed by atoms with E-state index in [1.807, 2.05) is 6.92 Å². The summed E-state index contributed by atoms with van der Waals surface area (Å²) in [4.78, 5) is 24.6. The molecular formula is C12H16N2O4. The Morgan fingerprint density at radius 1 is 1.44 bits per heavy atom. The van der Waals surface area contributed by atoms with Crippen LogP contribution in [0.15, 0.2) is 10.6 Å². The molecule has 1 N–H and O–H groups in total. The number of likely N-dealkylation sites (tertiary alicyclic amines) is 1. The third-order valence-corrected chi connectivity index (χ3v) is 3.25. The number of carboxylic acids is 1. The van der Waals surface area contributed by atoms with E-state index in [0.717, 1.165) is 25.7 Å². The number of carbonyl (C=O) groups excluding carboxylic acids is 1. The molecule has 1 aromatic heterocycles. The van der Waals surface area contributed by atoms with Crippen LogP contribution in [-0.2, 0) is 0 Å². The largest absolute Gasteiger partial charge is 0.475 e. The maximum atomic E-state index is 12.2. The molecule has 98 valence electrons. The van der Waals surface area contributed by atoms with Gasteiger partial charge in [0.1, 0.15) is 0 Å². The minimum Gasteiger partial charge on any atom is -0.475 e. The molecule has 0 radical (unpaired) electrons. The molecule has 1 aliphatic heterocycles. The second-order valence-electron chi connectivity index (χ2n) is 4.58. The quantitative estimate of drug-likeness (QED) is 0.867. The fourth-order valence-corrected chi connectivity index (χ4v) is 2.20. The lowest BCUT2D eigenvalue weighted by Crippen LogP contribution is -2.38. The van der Waals surface area contributed by atoms with Crippen LogP contribution in [0.1, 0.15) is 53.7 Å². The monoisotopic (exact) mass is 252 g/mol. The molecule has 1 aliphatic rings. The van der Waals surface area contributed by atoms with Crippen LogP contribution in [0.2, 0.25) is 0 Å². The van der Waals surface area contributed by atoms with Gasteiger partial charge in [0, 0.05) is 18.7 Å². The number of hydrogen-bond acceptors (Lipinski definition) is 4. The first kappa shape index (κ1) is 12.6. The van der Waals surface area contributed by atoms with Crippen LogP contribution >= 0.6 is 0 Å². The maximum Gasteiger partial charge on any atom is 0.374 e. The number of carboxylic acid groups (broad SMARTS) is 1. The van der Waals surface area contributed by atoms with Gasteiger partial charge in [-0.2, -0.15) is 0 Å². The predicted molar refractivity (Wildman–Crippen MR) is 62.4 cm³/mol. The zero-order valence-electron chi connectivity index (χ0n) is 10.3. The number of rotatable bonds is 2. The number of carbonyl (C=O) groups is 2. The minimum absolute atomic E-state index is 0.0705. The van der Waals surface area contributed by atoms with E-state index >= 15 is 0 Å². The third kappa shape index (κ3) is 2.52. The molecule has 0 aromatic carbocycles. The van der Waals surface area contributed by atoms with Crippen molar-refractivity contribution in [3.05, 3.63) is 17.5 Å². The predicted octanol–water partition coefficient (Wildman–Crippen LogP) is 1.78. The zero-order valence-corrected chi connectivity index (χ0v) is 10.3. The fourth-order valence-electron chi connectivity index (χ4n) is 2.20. The van der Waals surface area contributed by atoms with Crippen molar-refractivity contribution in [3.8, 4) is 0 Å². The van der Waals surface area contributed by atoms with Crippen molar-refractivity contribution in [2.24, 2.45) is 0 Å². The Labute approximate surface area is 105 Å². The van der Waals surface area contributed by atoms with Crippen LogP contribution in [-0.4, -0.2) is 39.6 Å². The van der Waals surface area contributed by atoms with Gasteiger partial charge in [-0.1, -0.05) is 18.0 Å². The highest BCUT2D eigenvalue weighted by atomic mass is 16.5. The van der Waals surface area contributed by atoms with E-state index in [-0.39, 0.29) is 23.4 Å². The Balaban J connectivity index is 2.15. The van der Waals surface area contributed by atoms with E-state index in [9.17, 15) is 9.59 Å². The molecule has 0 saturated carbocycles. The molecule has 1 saturated heterocycles. The van der Waals surface area contributed by atoms with Gasteiger partial charge in [-0.3, -0.25) is 4.79 Å². The van der Waals surface area contributed by atoms with Crippen LogP contribution < -0.4 is 0 Å². The van der Waals surface area contributed by atoms with Gasteiger partial charge in [-0.15, -0.1) is 0 Å². The van der Waals surface area contributed by atoms with Gasteiger partial charge in [-0.05, 0) is 19.8 Å². The number of hydrogen-bond donors (Lipinski definition) is 1. The lowest BCUT2D eigenvalue weighted by Gasteiger charge is -2.26. The van der Waals surface area contributed by atoms with E-state index in [1.165, 1.54) is 6.07 Å². The Morgan fingerprint density at radius 3 is 2.89 bits per heavy atom. The lowest BCUT2D eigenvalue weighted by atomic mass is 10.1. The van der Waals surface area contributed by atoms with E-state index in [2.05, 4.69) is 9.68 Å². The van der Waals surface area contributed by atoms with E-state index in [0.29, 0.717) is 6.54 Å². The van der Waals surface area contributed by atoms with Crippen LogP contribution in [0.4, 0.5) is 0 Å². The van der Waals surface area contributed by atoms with Crippen molar-refractivity contribution >= 4 is 11.9 Å². The highest BCUT2D eigenvalue weighted by Gasteiger charge is 2.26. The van der Waals surface area contributed by atoms with Gasteiger partial charge < -0.3 is 14.5 Å². The topological polar surface area (TPSA) is 83.6 Å². The standard InChI is InChI=1S/C12H16N2O4/c1-8-5-3-2-4-6-14(8)11(15)9-7-10(12(16)17)18-13-9/h7-8H,2-6H2,1H3,(H,16,17). The SMILES string of the molecule is CC1CCCCCN1C(=O)c1cc(C(=O)O)on1. The number of aromatic nitrogens is 1. The summed E-state index contributed by atoms with van der Waals surface area (Å²) in [6.45, 7) is 2.69. The van der Waals surface area contributed by atoms with Crippen molar-refractivity contribution < 1.29 is 19.2 Å². The molecule has 1 aromatic rings. The zero-order chi connectivity index (χ0) is 13.1. The highest BCUT2D eigenvalue weighted by Crippen LogP contribution is 2.19. The second kappa shape index (κ2) is 5.20. The van der Waals surface area contributed by atoms with E-state index in [4.69, 9.17) is 5.11 Å². The molecule has 0 bridgehead atoms. The Hall–Kier alpha value is -1.85. The van der Waals surface area contributed by atoms with Crippen LogP contribution in [0.5, 0.6) is 0 Å². The minimum atomic E-state index is -1.22. The first-order valence-electron chi connectivity index (χ1n) is 6.10. The van der Waals surface area contributed by atoms with Gasteiger partial charge in [0.2, 0.25) is 5.76 Å². The Bertz CT molecular complexity index is 455. The van der Waals surface area contributed by atoms with Crippen molar-refractivity contribution in [3.63, 3.8) is 0 Å². The first-order valence-corrected chi connectivity index (χ1v) is 6.10. The number of amides is 1. The van der Waals surface area contributed by atoms with Crippen molar-refractivity contribution in [2.75, 3.05) is 6.54 Å². The molecule has 6 heteroatoms. The normalized spacial score (nSPS) is 20.5. The van der Waals surface area contributed by atoms with Crippen molar-refractivity contribution in [2.45, 2.75) is 38.6 Å². The summed E-state index contributed by atoms with van der Waals surface area (Å²) in [6.07, 6.45) is 4.17. The van der Waals surface area contributed by atoms with E-state index < -0.39 is 5.97 Å². The summed E-state index contributed by atoms with van der Waals surface area (Å²) < 4.78 is 4.61. The molecule has 2 rings (SSSR count). The van der Waals surface area contributed by atoms with Crippen LogP contribution in [0, 0.1) is 0 Å². The van der Waals surface area contributed by atoms with Gasteiger partial charge in [0.05, 0.1) is 0 Å². The molecule has 0 spiro atoms. The van der Waals surface area contributed by atoms with Crippen molar-refractivity contribution in [1.29, 1.82) is 0 Å². The summed E-state index contributed by atoms with van der Waals surface area (Å²) in [6, 6.07) is 1.34. The summed E-state index contributed by atoms with van der Waals surface area (Å²) >= 11 is 0. The average Bonchev–Trinajstić information content (AvgIpc) is 2.73. The summed E-state index contributed by atoms with van der Waals surface area (Å²) in [5.74, 6) is -1.77. The molecule has 6 nitrogen and oxygen atoms in total. The molecular weight excluding hydrogens is 236 g/mol. The highest BCUT2D eigenvalue weighted by molar-refractivity contribution is 5.95. The second-order valence-corrected chi connectivity index (χ2v) is 4.58. The lowest BCUT2D eigenvalue weighted by molar-refractivity contribution is 0.0643. The molecule has 1 atom stereocenters. The first-order chi connectivity index (χ1) is 8.59. The summed E-state index contributed by atoms with van der Waals surface area (Å²) in [7, 11) is 0. The molecule has 1 fully saturated rings. The average molecular weight is 252 g/mol. The van der Waals surface area contributed by atoms with Gasteiger partial charge in [-0.25, -0.2) is 4.79 Å². The number of nitrogens with zero attached hydrogens (tertiary/aromatic N) is 2. The molecule has 2 heterocycles. The maximum absolute atomic E-state index is 12.2. The van der Waals surface area contributed by atoms with Crippen LogP contribution in [0.3, 0.4) is 0 Å². The molecule has 1 amide bonds. The number of aromatic carboxylic acids is 1. The van der Waals surface area contributed by atoms with Crippen molar-refractivity contribution in [1.82, 2.24) is 10.1 Å². The molecule has 0 aliphatic carbocycles. The Kier molecular flexibility index (Phi) is 3.64. The molecule has 1 unspecified atom stereocenters. The van der Waals surface area contributed by atoms with Crippen LogP contribution in [0.25, 0.3) is 0 Å². The van der Waals surface area contributed by atoms with Gasteiger partial charge in [0.25, 0.3) is 5.91 Å². The van der Waals surface area contributed by atoms with Gasteiger partial charge >= 0.3 is 5.97 Å². The summed E-state index contributed by atoms with van der Waals surface area (Å²) in [5, 5.41) is 12.3. The van der Waals surface area contributed by atoms with Gasteiger partial charge in [0.15, 0.2) is 5.69 Å². The third-order valence-electron chi connectivity index (χ3n) is 3.25. The van der Waals surface area contributed by atoms with E-state index in [1.54, 1.807) is 4.90 Å². The summed E-state index contributed by atoms with van der Waals surface area (Å²) in [5.41, 5.74) is 0.0705.